The predicted molar refractivity (Wildman–Crippen MR) is 59.8 cm³/mol. The van der Waals surface area contributed by atoms with Gasteiger partial charge in [0.2, 0.25) is 0 Å². The summed E-state index contributed by atoms with van der Waals surface area (Å²) < 4.78 is 0. The normalized spacial score (nSPS) is 32.1. The highest BCUT2D eigenvalue weighted by Gasteiger charge is 2.26. The fourth-order valence-electron chi connectivity index (χ4n) is 1.88. The lowest BCUT2D eigenvalue weighted by atomic mass is 9.85. The number of allylic oxidation sites excluding steroid dienone is 4. The first-order valence-corrected chi connectivity index (χ1v) is 4.77. The highest BCUT2D eigenvalue weighted by Crippen LogP contribution is 2.27. The summed E-state index contributed by atoms with van der Waals surface area (Å²) in [5.41, 5.74) is 0. The lowest BCUT2D eigenvalue weighted by Crippen LogP contribution is -2.35. The van der Waals surface area contributed by atoms with Crippen molar-refractivity contribution >= 4 is 5.84 Å². The maximum atomic E-state index is 4.32. The van der Waals surface area contributed by atoms with Crippen LogP contribution in [0.4, 0.5) is 0 Å². The molecule has 0 N–H and O–H groups in total. The molecule has 0 fully saturated rings. The van der Waals surface area contributed by atoms with Gasteiger partial charge in [0.15, 0.2) is 0 Å². The number of hydrogen-bond donors (Lipinski definition) is 0. The molecule has 0 saturated carbocycles. The van der Waals surface area contributed by atoms with Crippen LogP contribution in [0, 0.1) is 11.8 Å². The molecule has 72 valence electrons. The number of amidine groups is 1. The topological polar surface area (TPSA) is 15.6 Å². The molecular weight excluding hydrogens is 172 g/mol. The van der Waals surface area contributed by atoms with E-state index in [9.17, 15) is 0 Å². The Bertz CT molecular complexity index is 347. The van der Waals surface area contributed by atoms with Crippen LogP contribution in [0.1, 0.15) is 0 Å². The van der Waals surface area contributed by atoms with Crippen LogP contribution in [0.5, 0.6) is 0 Å². The second kappa shape index (κ2) is 3.66. The fraction of sp³-hybridized carbons (Fsp3) is 0.250. The van der Waals surface area contributed by atoms with Crippen molar-refractivity contribution in [2.45, 2.75) is 0 Å². The van der Waals surface area contributed by atoms with E-state index in [0.29, 0.717) is 11.8 Å². The van der Waals surface area contributed by atoms with Crippen LogP contribution < -0.4 is 0 Å². The Kier molecular flexibility index (Phi) is 2.35. The zero-order valence-corrected chi connectivity index (χ0v) is 8.30. The molecule has 2 aliphatic rings. The summed E-state index contributed by atoms with van der Waals surface area (Å²) >= 11 is 0. The van der Waals surface area contributed by atoms with Crippen molar-refractivity contribution in [1.82, 2.24) is 4.90 Å². The van der Waals surface area contributed by atoms with Gasteiger partial charge in [-0.1, -0.05) is 37.0 Å². The van der Waals surface area contributed by atoms with Gasteiger partial charge in [-0.05, 0) is 0 Å². The quantitative estimate of drug-likeness (QED) is 0.613. The molecule has 0 spiro atoms. The number of hydrogen-bond acceptors (Lipinski definition) is 1. The van der Waals surface area contributed by atoms with Crippen molar-refractivity contribution in [1.29, 1.82) is 0 Å². The van der Waals surface area contributed by atoms with E-state index >= 15 is 0 Å². The zero-order chi connectivity index (χ0) is 9.97. The van der Waals surface area contributed by atoms with Crippen LogP contribution in [0.25, 0.3) is 0 Å². The van der Waals surface area contributed by atoms with E-state index in [2.05, 4.69) is 48.2 Å². The molecule has 14 heavy (non-hydrogen) atoms. The monoisotopic (exact) mass is 186 g/mol. The van der Waals surface area contributed by atoms with Gasteiger partial charge in [0.25, 0.3) is 0 Å². The largest absolute Gasteiger partial charge is 0.339 e. The number of nitrogens with zero attached hydrogens (tertiary/aromatic N) is 2. The van der Waals surface area contributed by atoms with Crippen molar-refractivity contribution in [2.75, 3.05) is 7.05 Å². The summed E-state index contributed by atoms with van der Waals surface area (Å²) in [6.07, 6.45) is 14.4. The van der Waals surface area contributed by atoms with Gasteiger partial charge in [0.05, 0.1) is 0 Å². The molecule has 0 aromatic carbocycles. The van der Waals surface area contributed by atoms with Crippen LogP contribution in [0.2, 0.25) is 0 Å². The summed E-state index contributed by atoms with van der Waals surface area (Å²) in [5, 5.41) is 0. The van der Waals surface area contributed by atoms with Crippen molar-refractivity contribution in [2.24, 2.45) is 16.8 Å². The highest BCUT2D eigenvalue weighted by molar-refractivity contribution is 5.89. The van der Waals surface area contributed by atoms with Crippen molar-refractivity contribution in [3.8, 4) is 0 Å². The lowest BCUT2D eigenvalue weighted by molar-refractivity contribution is 0.545. The van der Waals surface area contributed by atoms with E-state index in [1.54, 1.807) is 6.20 Å². The van der Waals surface area contributed by atoms with Crippen LogP contribution in [0.3, 0.4) is 0 Å². The minimum Gasteiger partial charge on any atom is -0.339 e. The van der Waals surface area contributed by atoms with Crippen LogP contribution in [-0.4, -0.2) is 17.8 Å². The summed E-state index contributed by atoms with van der Waals surface area (Å²) in [6, 6.07) is 0. The molecule has 2 heteroatoms. The molecule has 0 bridgehead atoms. The summed E-state index contributed by atoms with van der Waals surface area (Å²) in [6.45, 7) is 3.65. The standard InChI is InChI=1S/C12H14N2/c1-3-13-12-11-7-5-4-6-10(11)8-9-14(12)2/h3-11H,1H2,2H3/b13-12-. The smallest absolute Gasteiger partial charge is 0.116 e. The molecule has 2 rings (SSSR count). The zero-order valence-electron chi connectivity index (χ0n) is 8.30. The Morgan fingerprint density at radius 3 is 2.93 bits per heavy atom. The summed E-state index contributed by atoms with van der Waals surface area (Å²) in [7, 11) is 2.02. The Balaban J connectivity index is 2.37. The third kappa shape index (κ3) is 1.43. The Morgan fingerprint density at radius 1 is 1.36 bits per heavy atom. The average Bonchev–Trinajstić information content (AvgIpc) is 2.23. The molecule has 0 amide bonds. The molecule has 0 aromatic heterocycles. The fourth-order valence-corrected chi connectivity index (χ4v) is 1.88. The SMILES string of the molecule is C=C/N=C1/C2C=CC=CC2C=CN1C. The van der Waals surface area contributed by atoms with Gasteiger partial charge < -0.3 is 4.90 Å². The van der Waals surface area contributed by atoms with Gasteiger partial charge >= 0.3 is 0 Å². The highest BCUT2D eigenvalue weighted by atomic mass is 15.2. The maximum Gasteiger partial charge on any atom is 0.116 e. The first-order chi connectivity index (χ1) is 6.83. The number of rotatable bonds is 1. The average molecular weight is 186 g/mol. The minimum absolute atomic E-state index is 0.369. The van der Waals surface area contributed by atoms with E-state index in [4.69, 9.17) is 0 Å². The van der Waals surface area contributed by atoms with Gasteiger partial charge in [-0.2, -0.15) is 0 Å². The van der Waals surface area contributed by atoms with E-state index in [1.165, 1.54) is 0 Å². The van der Waals surface area contributed by atoms with Gasteiger partial charge in [-0.15, -0.1) is 0 Å². The number of aliphatic imine (C=N–C) groups is 1. The molecule has 2 unspecified atom stereocenters. The van der Waals surface area contributed by atoms with E-state index in [1.807, 2.05) is 11.9 Å². The number of fused-ring (bicyclic) bond motifs is 1. The van der Waals surface area contributed by atoms with Crippen LogP contribution >= 0.6 is 0 Å². The summed E-state index contributed by atoms with van der Waals surface area (Å²) in [5.74, 6) is 1.89. The summed E-state index contributed by atoms with van der Waals surface area (Å²) in [4.78, 5) is 6.37. The molecule has 2 nitrogen and oxygen atoms in total. The van der Waals surface area contributed by atoms with Gasteiger partial charge in [-0.3, -0.25) is 0 Å². The van der Waals surface area contributed by atoms with Gasteiger partial charge in [0, 0.05) is 31.3 Å². The second-order valence-electron chi connectivity index (χ2n) is 3.50. The Morgan fingerprint density at radius 2 is 2.14 bits per heavy atom. The third-order valence-electron chi connectivity index (χ3n) is 2.59. The minimum atomic E-state index is 0.369. The van der Waals surface area contributed by atoms with Crippen molar-refractivity contribution in [3.05, 3.63) is 49.4 Å². The second-order valence-corrected chi connectivity index (χ2v) is 3.50. The van der Waals surface area contributed by atoms with Crippen molar-refractivity contribution < 1.29 is 0 Å². The molecule has 1 aliphatic carbocycles. The molecule has 1 aliphatic heterocycles. The Hall–Kier alpha value is -1.57. The van der Waals surface area contributed by atoms with E-state index in [0.717, 1.165) is 5.84 Å². The van der Waals surface area contributed by atoms with E-state index < -0.39 is 0 Å². The van der Waals surface area contributed by atoms with Crippen molar-refractivity contribution in [3.63, 3.8) is 0 Å². The Labute approximate surface area is 84.6 Å². The van der Waals surface area contributed by atoms with Gasteiger partial charge in [0.1, 0.15) is 5.84 Å². The molecule has 2 atom stereocenters. The predicted octanol–water partition coefficient (Wildman–Crippen LogP) is 2.35. The molecule has 1 heterocycles. The first kappa shape index (κ1) is 9.00. The molecule has 0 radical (unpaired) electrons. The lowest BCUT2D eigenvalue weighted by Gasteiger charge is -2.32. The third-order valence-corrected chi connectivity index (χ3v) is 2.59. The maximum absolute atomic E-state index is 4.32. The first-order valence-electron chi connectivity index (χ1n) is 4.77. The van der Waals surface area contributed by atoms with Gasteiger partial charge in [-0.25, -0.2) is 4.99 Å². The van der Waals surface area contributed by atoms with Crippen LogP contribution in [-0.2, 0) is 0 Å². The van der Waals surface area contributed by atoms with Crippen LogP contribution in [0.15, 0.2) is 54.4 Å². The molecule has 0 saturated heterocycles. The molecule has 0 aromatic rings. The van der Waals surface area contributed by atoms with E-state index in [-0.39, 0.29) is 0 Å². The molecular formula is C12H14N2.